The van der Waals surface area contributed by atoms with Gasteiger partial charge in [0.1, 0.15) is 5.78 Å². The topological polar surface area (TPSA) is 37.4 Å². The van der Waals surface area contributed by atoms with Crippen LogP contribution in [0.3, 0.4) is 0 Å². The highest BCUT2D eigenvalue weighted by Gasteiger charge is 2.68. The number of likely N-dealkylation sites (tertiary alicyclic amines) is 1. The highest BCUT2D eigenvalue weighted by molar-refractivity contribution is 5.88. The number of piperidine rings is 1. The molecule has 2 aliphatic rings. The minimum absolute atomic E-state index is 0.0117. The number of carbonyl (C=O) groups is 2. The lowest BCUT2D eigenvalue weighted by molar-refractivity contribution is -0.138. The Morgan fingerprint density at radius 2 is 1.76 bits per heavy atom. The van der Waals surface area contributed by atoms with Gasteiger partial charge in [0.05, 0.1) is 0 Å². The number of carbonyl (C=O) groups excluding carboxylic acids is 2. The average Bonchev–Trinajstić information content (AvgIpc) is 2.61. The van der Waals surface area contributed by atoms with Crippen LogP contribution in [0.2, 0.25) is 0 Å². The van der Waals surface area contributed by atoms with Gasteiger partial charge in [-0.3, -0.25) is 9.59 Å². The van der Waals surface area contributed by atoms with E-state index < -0.39 is 0 Å². The van der Waals surface area contributed by atoms with E-state index in [1.165, 1.54) is 0 Å². The van der Waals surface area contributed by atoms with Crippen molar-refractivity contribution in [1.29, 1.82) is 0 Å². The molecule has 1 saturated carbocycles. The first-order valence-electron chi connectivity index (χ1n) is 6.51. The zero-order valence-electron chi connectivity index (χ0n) is 11.5. The first kappa shape index (κ1) is 12.6. The van der Waals surface area contributed by atoms with Crippen molar-refractivity contribution in [3.8, 4) is 0 Å². The molecule has 3 nitrogen and oxygen atoms in total. The van der Waals surface area contributed by atoms with Gasteiger partial charge in [-0.2, -0.15) is 0 Å². The van der Waals surface area contributed by atoms with Gasteiger partial charge < -0.3 is 4.90 Å². The molecule has 96 valence electrons. The number of rotatable bonds is 1. The van der Waals surface area contributed by atoms with Crippen LogP contribution in [0.15, 0.2) is 0 Å². The van der Waals surface area contributed by atoms with Gasteiger partial charge in [-0.05, 0) is 10.8 Å². The summed E-state index contributed by atoms with van der Waals surface area (Å²) in [6, 6.07) is 0. The molecule has 0 aromatic heterocycles. The van der Waals surface area contributed by atoms with Crippen LogP contribution in [0.1, 0.15) is 41.0 Å². The fourth-order valence-corrected chi connectivity index (χ4v) is 3.21. The smallest absolute Gasteiger partial charge is 0.226 e. The second kappa shape index (κ2) is 3.56. The molecule has 17 heavy (non-hydrogen) atoms. The molecule has 0 spiro atoms. The van der Waals surface area contributed by atoms with E-state index in [-0.39, 0.29) is 28.6 Å². The maximum Gasteiger partial charge on any atom is 0.226 e. The highest BCUT2D eigenvalue weighted by Crippen LogP contribution is 2.68. The summed E-state index contributed by atoms with van der Waals surface area (Å²) in [5.41, 5.74) is 0.184. The molecule has 1 unspecified atom stereocenters. The third kappa shape index (κ3) is 1.71. The first-order valence-corrected chi connectivity index (χ1v) is 6.51. The lowest BCUT2D eigenvalue weighted by atomic mass is 9.97. The van der Waals surface area contributed by atoms with Crippen molar-refractivity contribution in [3.05, 3.63) is 0 Å². The molecule has 0 aromatic carbocycles. The lowest BCUT2D eigenvalue weighted by Gasteiger charge is -2.30. The fraction of sp³-hybridized carbons (Fsp3) is 0.857. The number of Topliss-reactive ketones (excluding diaryl/α,β-unsaturated/α-hetero) is 1. The van der Waals surface area contributed by atoms with Crippen LogP contribution >= 0.6 is 0 Å². The van der Waals surface area contributed by atoms with Gasteiger partial charge in [-0.15, -0.1) is 0 Å². The summed E-state index contributed by atoms with van der Waals surface area (Å²) >= 11 is 0. The summed E-state index contributed by atoms with van der Waals surface area (Å²) in [6.07, 6.45) is 0.528. The Morgan fingerprint density at radius 3 is 2.18 bits per heavy atom. The Bertz CT molecular complexity index is 356. The van der Waals surface area contributed by atoms with E-state index in [9.17, 15) is 9.59 Å². The van der Waals surface area contributed by atoms with Gasteiger partial charge in [0.15, 0.2) is 0 Å². The van der Waals surface area contributed by atoms with E-state index in [0.717, 1.165) is 0 Å². The van der Waals surface area contributed by atoms with Crippen LogP contribution in [0.4, 0.5) is 0 Å². The fourth-order valence-electron chi connectivity index (χ4n) is 3.21. The second-order valence-corrected chi connectivity index (χ2v) is 6.78. The summed E-state index contributed by atoms with van der Waals surface area (Å²) in [4.78, 5) is 25.8. The van der Waals surface area contributed by atoms with Crippen LogP contribution in [0.5, 0.6) is 0 Å². The van der Waals surface area contributed by atoms with E-state index in [4.69, 9.17) is 0 Å². The standard InChI is InChI=1S/C14H23NO2/c1-9-8-15(7-6-10(9)16)12(17)11-13(2,3)14(11,4)5/h9,11H,6-8H2,1-5H3. The zero-order valence-corrected chi connectivity index (χ0v) is 11.5. The molecule has 0 aromatic rings. The molecule has 1 atom stereocenters. The largest absolute Gasteiger partial charge is 0.341 e. The Labute approximate surface area is 104 Å². The second-order valence-electron chi connectivity index (χ2n) is 6.78. The minimum atomic E-state index is 0.0117. The van der Waals surface area contributed by atoms with Crippen molar-refractivity contribution in [2.45, 2.75) is 41.0 Å². The average molecular weight is 237 g/mol. The van der Waals surface area contributed by atoms with Crippen molar-refractivity contribution < 1.29 is 9.59 Å². The summed E-state index contributed by atoms with van der Waals surface area (Å²) in [7, 11) is 0. The van der Waals surface area contributed by atoms with Gasteiger partial charge in [0.25, 0.3) is 0 Å². The molecule has 0 bridgehead atoms. The number of hydrogen-bond acceptors (Lipinski definition) is 2. The summed E-state index contributed by atoms with van der Waals surface area (Å²) in [6.45, 7) is 11.8. The molecule has 2 fully saturated rings. The molecule has 1 aliphatic heterocycles. The van der Waals surface area contributed by atoms with Crippen LogP contribution in [0, 0.1) is 22.7 Å². The van der Waals surface area contributed by atoms with Crippen molar-refractivity contribution in [2.24, 2.45) is 22.7 Å². The molecule has 1 heterocycles. The third-order valence-corrected chi connectivity index (χ3v) is 5.25. The van der Waals surface area contributed by atoms with Crippen molar-refractivity contribution in [1.82, 2.24) is 4.90 Å². The number of amides is 1. The predicted octanol–water partition coefficient (Wildman–Crippen LogP) is 2.11. The zero-order chi connectivity index (χ0) is 13.0. The summed E-state index contributed by atoms with van der Waals surface area (Å²) in [5, 5.41) is 0. The summed E-state index contributed by atoms with van der Waals surface area (Å²) in [5.74, 6) is 0.677. The molecular formula is C14H23NO2. The van der Waals surface area contributed by atoms with Gasteiger partial charge >= 0.3 is 0 Å². The van der Waals surface area contributed by atoms with E-state index in [1.807, 2.05) is 11.8 Å². The van der Waals surface area contributed by atoms with E-state index >= 15 is 0 Å². The SMILES string of the molecule is CC1CN(C(=O)C2C(C)(C)C2(C)C)CCC1=O. The van der Waals surface area contributed by atoms with Gasteiger partial charge in [0.2, 0.25) is 5.91 Å². The van der Waals surface area contributed by atoms with E-state index in [0.29, 0.717) is 25.3 Å². The Morgan fingerprint density at radius 1 is 1.24 bits per heavy atom. The number of hydrogen-bond donors (Lipinski definition) is 0. The first-order chi connectivity index (χ1) is 7.69. The van der Waals surface area contributed by atoms with Crippen molar-refractivity contribution in [3.63, 3.8) is 0 Å². The normalized spacial score (nSPS) is 31.5. The van der Waals surface area contributed by atoms with Gasteiger partial charge in [0, 0.05) is 31.3 Å². The lowest BCUT2D eigenvalue weighted by Crippen LogP contribution is -2.44. The number of nitrogens with zero attached hydrogens (tertiary/aromatic N) is 1. The molecular weight excluding hydrogens is 214 g/mol. The van der Waals surface area contributed by atoms with Gasteiger partial charge in [-0.25, -0.2) is 0 Å². The van der Waals surface area contributed by atoms with Crippen LogP contribution < -0.4 is 0 Å². The van der Waals surface area contributed by atoms with E-state index in [2.05, 4.69) is 27.7 Å². The Kier molecular flexibility index (Phi) is 2.64. The maximum atomic E-state index is 12.5. The molecule has 1 amide bonds. The van der Waals surface area contributed by atoms with Crippen molar-refractivity contribution in [2.75, 3.05) is 13.1 Å². The monoisotopic (exact) mass is 237 g/mol. The minimum Gasteiger partial charge on any atom is -0.341 e. The molecule has 3 heteroatoms. The van der Waals surface area contributed by atoms with E-state index in [1.54, 1.807) is 0 Å². The van der Waals surface area contributed by atoms with Crippen LogP contribution in [0.25, 0.3) is 0 Å². The molecule has 0 N–H and O–H groups in total. The van der Waals surface area contributed by atoms with Gasteiger partial charge in [-0.1, -0.05) is 34.6 Å². The Balaban J connectivity index is 2.06. The third-order valence-electron chi connectivity index (χ3n) is 5.25. The quantitative estimate of drug-likeness (QED) is 0.700. The summed E-state index contributed by atoms with van der Waals surface area (Å²) < 4.78 is 0. The Hall–Kier alpha value is -0.860. The van der Waals surface area contributed by atoms with Crippen molar-refractivity contribution >= 4 is 11.7 Å². The molecule has 2 rings (SSSR count). The predicted molar refractivity (Wildman–Crippen MR) is 66.4 cm³/mol. The number of ketones is 1. The molecule has 1 saturated heterocycles. The molecule has 1 aliphatic carbocycles. The van der Waals surface area contributed by atoms with Crippen LogP contribution in [-0.2, 0) is 9.59 Å². The van der Waals surface area contributed by atoms with Crippen LogP contribution in [-0.4, -0.2) is 29.7 Å². The maximum absolute atomic E-state index is 12.5. The highest BCUT2D eigenvalue weighted by atomic mass is 16.2. The molecule has 0 radical (unpaired) electrons.